The minimum absolute atomic E-state index is 0. The van der Waals surface area contributed by atoms with Crippen LogP contribution in [0.1, 0.15) is 462 Å². The standard InChI is InChI=1S/C64H116O3S.C19H39.C10H8O3S.2Na/c1-4-7-10-13-16-19-22-25-28-31-34-37-40-43-46-49-54-59-60(55-50-47-44-41-38-35-32-29-26-23-20-17-14-11-8-5-2)62(64(68(65,66)67)63-58-53-52-56-61(59)63)57-51-48-45-42-39-36-33-30-27-24-21-18-15-12-9-6-3;1-3-5-7-9-11-13-15-17-19-18-16-14-12-10-8-6-4-2;11-14(12,13)10-7-3-5-8-4-1-2-6-9(8)10;;/h52-53,56,58H,4-51,54-55,57H2,1-3H3,(H,65,66,67);1,3-19H2,2H3;1-7H,(H,11,12,13);;/q;-1;;2*+1/p-1. The second-order valence-electron chi connectivity index (χ2n) is 31.0. The monoisotopic (exact) mass is 1490 g/mol. The van der Waals surface area contributed by atoms with Gasteiger partial charge in [-0.05, 0) is 77.4 Å². The van der Waals surface area contributed by atoms with E-state index in [1.54, 1.807) is 36.4 Å². The Morgan fingerprint density at radius 2 is 0.495 bits per heavy atom. The van der Waals surface area contributed by atoms with E-state index in [1.165, 1.54) is 402 Å². The van der Waals surface area contributed by atoms with Crippen LogP contribution in [0.2, 0.25) is 0 Å². The molecule has 4 aromatic carbocycles. The molecule has 0 saturated heterocycles. The van der Waals surface area contributed by atoms with E-state index in [-0.39, 0.29) is 68.9 Å². The molecule has 0 fully saturated rings. The average molecular weight is 1490 g/mol. The second-order valence-corrected chi connectivity index (χ2v) is 33.7. The molecule has 0 aliphatic heterocycles. The summed E-state index contributed by atoms with van der Waals surface area (Å²) in [5.74, 6) is 0. The van der Waals surface area contributed by atoms with Crippen LogP contribution in [0.15, 0.2) is 76.5 Å². The predicted octanol–water partition coefficient (Wildman–Crippen LogP) is 25.7. The number of rotatable bonds is 69. The van der Waals surface area contributed by atoms with E-state index in [1.807, 2.05) is 12.1 Å². The van der Waals surface area contributed by atoms with Gasteiger partial charge in [0.2, 0.25) is 0 Å². The summed E-state index contributed by atoms with van der Waals surface area (Å²) in [4.78, 5) is 0.0619. The van der Waals surface area contributed by atoms with E-state index in [9.17, 15) is 25.9 Å². The van der Waals surface area contributed by atoms with Crippen LogP contribution in [-0.2, 0) is 39.5 Å². The Kier molecular flexibility index (Phi) is 73.4. The number of fused-ring (bicyclic) bond motifs is 2. The molecule has 4 aromatic rings. The fourth-order valence-corrected chi connectivity index (χ4v) is 17.1. The molecule has 10 heteroatoms. The molecule has 0 atom stereocenters. The first-order valence-corrected chi connectivity index (χ1v) is 47.1. The molecule has 0 aromatic heterocycles. The summed E-state index contributed by atoms with van der Waals surface area (Å²) in [5.41, 5.74) is 3.60. The predicted molar refractivity (Wildman–Crippen MR) is 445 cm³/mol. The number of unbranched alkanes of at least 4 members (excludes halogenated alkanes) is 61. The Hall–Kier alpha value is -0.780. The zero-order valence-corrected chi connectivity index (χ0v) is 74.6. The van der Waals surface area contributed by atoms with Gasteiger partial charge in [-0.1, -0.05) is 480 Å². The molecule has 0 saturated carbocycles. The van der Waals surface area contributed by atoms with Crippen LogP contribution in [0, 0.1) is 6.92 Å². The van der Waals surface area contributed by atoms with Crippen molar-refractivity contribution in [1.29, 1.82) is 0 Å². The number of benzene rings is 4. The van der Waals surface area contributed by atoms with Crippen LogP contribution in [0.3, 0.4) is 0 Å². The summed E-state index contributed by atoms with van der Waals surface area (Å²) in [6.07, 6.45) is 91.8. The van der Waals surface area contributed by atoms with E-state index in [0.29, 0.717) is 5.39 Å². The van der Waals surface area contributed by atoms with E-state index in [0.717, 1.165) is 73.1 Å². The maximum atomic E-state index is 13.4. The van der Waals surface area contributed by atoms with Crippen LogP contribution < -0.4 is 59.1 Å². The third-order valence-corrected chi connectivity index (χ3v) is 23.6. The van der Waals surface area contributed by atoms with E-state index in [2.05, 4.69) is 46.8 Å². The van der Waals surface area contributed by atoms with E-state index in [4.69, 9.17) is 0 Å². The molecule has 103 heavy (non-hydrogen) atoms. The van der Waals surface area contributed by atoms with Crippen LogP contribution in [0.25, 0.3) is 21.5 Å². The maximum absolute atomic E-state index is 13.4. The zero-order valence-electron chi connectivity index (χ0n) is 68.9. The molecule has 0 spiro atoms. The molecule has 6 nitrogen and oxygen atoms in total. The van der Waals surface area contributed by atoms with Gasteiger partial charge in [0.05, 0.1) is 4.90 Å². The third kappa shape index (κ3) is 56.1. The van der Waals surface area contributed by atoms with Crippen LogP contribution in [0.4, 0.5) is 0 Å². The first-order chi connectivity index (χ1) is 49.5. The van der Waals surface area contributed by atoms with Crippen molar-refractivity contribution in [2.45, 2.75) is 474 Å². The molecule has 0 aliphatic carbocycles. The van der Waals surface area contributed by atoms with Gasteiger partial charge >= 0.3 is 59.1 Å². The van der Waals surface area contributed by atoms with Gasteiger partial charge in [0.15, 0.2) is 0 Å². The Bertz CT molecular complexity index is 2690. The minimum Gasteiger partial charge on any atom is -0.744 e. The Morgan fingerprint density at radius 1 is 0.272 bits per heavy atom. The van der Waals surface area contributed by atoms with Gasteiger partial charge in [0.1, 0.15) is 15.0 Å². The zero-order chi connectivity index (χ0) is 73.1. The fourth-order valence-electron chi connectivity index (χ4n) is 15.4. The third-order valence-electron chi connectivity index (χ3n) is 21.7. The Balaban J connectivity index is 0.00000240. The van der Waals surface area contributed by atoms with Crippen molar-refractivity contribution in [3.05, 3.63) is 90.3 Å². The topological polar surface area (TPSA) is 112 Å². The first kappa shape index (κ1) is 102. The molecular weight excluding hydrogens is 1320 g/mol. The van der Waals surface area contributed by atoms with Crippen molar-refractivity contribution in [1.82, 2.24) is 0 Å². The van der Waals surface area contributed by atoms with Gasteiger partial charge in [-0.25, -0.2) is 8.42 Å². The van der Waals surface area contributed by atoms with Gasteiger partial charge in [-0.15, -0.1) is 0 Å². The summed E-state index contributed by atoms with van der Waals surface area (Å²) in [6.45, 7) is 13.1. The molecule has 1 N–H and O–H groups in total. The van der Waals surface area contributed by atoms with Crippen LogP contribution >= 0.6 is 0 Å². The molecule has 0 bridgehead atoms. The summed E-state index contributed by atoms with van der Waals surface area (Å²) in [7, 11) is -8.76. The largest absolute Gasteiger partial charge is 1.00 e. The van der Waals surface area contributed by atoms with Crippen molar-refractivity contribution in [3.8, 4) is 0 Å². The molecule has 0 unspecified atom stereocenters. The van der Waals surface area contributed by atoms with Crippen molar-refractivity contribution in [2.24, 2.45) is 0 Å². The van der Waals surface area contributed by atoms with Crippen LogP contribution in [0.5, 0.6) is 0 Å². The maximum Gasteiger partial charge on any atom is 1.00 e. The van der Waals surface area contributed by atoms with Gasteiger partial charge in [0, 0.05) is 5.39 Å². The van der Waals surface area contributed by atoms with Gasteiger partial charge in [-0.2, -0.15) is 14.8 Å². The van der Waals surface area contributed by atoms with Crippen molar-refractivity contribution >= 4 is 41.8 Å². The molecule has 0 amide bonds. The smallest absolute Gasteiger partial charge is 0.744 e. The van der Waals surface area contributed by atoms with E-state index < -0.39 is 20.2 Å². The van der Waals surface area contributed by atoms with Gasteiger partial charge in [-0.3, -0.25) is 4.55 Å². The molecule has 584 valence electrons. The minimum atomic E-state index is -4.38. The van der Waals surface area contributed by atoms with Crippen LogP contribution in [-0.4, -0.2) is 25.9 Å². The molecule has 4 rings (SSSR count). The van der Waals surface area contributed by atoms with Crippen molar-refractivity contribution < 1.29 is 85.1 Å². The summed E-state index contributed by atoms with van der Waals surface area (Å²) < 4.78 is 70.4. The number of aryl methyl sites for hydroxylation is 1. The van der Waals surface area contributed by atoms with Crippen molar-refractivity contribution in [2.75, 3.05) is 0 Å². The first-order valence-electron chi connectivity index (χ1n) is 44.2. The SMILES string of the molecule is CCCCCCCCCCCCCCCCCCc1c(CCCCCCCCCCCCCCCCCC)c(S(=O)(=O)O)c2ccccc2c1CCCCCCCCCCCCCCCCCC.O=S(=O)([O-])c1cccc2ccccc12.[CH2-]CCCCCCCCCCCCCCCCCC.[Na+].[Na+]. The second kappa shape index (κ2) is 74.0. The number of hydrogen-bond acceptors (Lipinski definition) is 5. The fraction of sp³-hybridized carbons (Fsp3) is 0.774. The quantitative estimate of drug-likeness (QED) is 0.0204. The van der Waals surface area contributed by atoms with Crippen molar-refractivity contribution in [3.63, 3.8) is 0 Å². The average Bonchev–Trinajstić information content (AvgIpc) is 0.756. The molecule has 0 aliphatic rings. The summed E-state index contributed by atoms with van der Waals surface area (Å²) >= 11 is 0. The molecule has 0 radical (unpaired) electrons. The summed E-state index contributed by atoms with van der Waals surface area (Å²) in [5, 5.41) is 3.03. The number of hydrogen-bond donors (Lipinski definition) is 1. The summed E-state index contributed by atoms with van der Waals surface area (Å²) in [6, 6.07) is 19.7. The van der Waals surface area contributed by atoms with Gasteiger partial charge < -0.3 is 11.5 Å². The molecular formula is C93H162Na2O6S2. The molecule has 0 heterocycles. The Morgan fingerprint density at radius 3 is 0.767 bits per heavy atom. The Labute approximate surface area is 685 Å². The van der Waals surface area contributed by atoms with E-state index >= 15 is 0 Å². The van der Waals surface area contributed by atoms with Gasteiger partial charge in [0.25, 0.3) is 10.1 Å². The normalized spacial score (nSPS) is 11.6.